The van der Waals surface area contributed by atoms with Gasteiger partial charge in [-0.25, -0.2) is 4.99 Å². The SMILES string of the molecule is CCNC(=NCc1ccc(N2CC=CC2)cc1)N1CCN(c2ccccc2O)CC1.I. The molecular formula is C24H32IN5O. The summed E-state index contributed by atoms with van der Waals surface area (Å²) in [4.78, 5) is 11.8. The van der Waals surface area contributed by atoms with Crippen LogP contribution in [0.4, 0.5) is 11.4 Å². The lowest BCUT2D eigenvalue weighted by Crippen LogP contribution is -2.52. The first-order chi connectivity index (χ1) is 14.7. The molecule has 1 saturated heterocycles. The molecule has 0 atom stereocenters. The maximum Gasteiger partial charge on any atom is 0.194 e. The van der Waals surface area contributed by atoms with Gasteiger partial charge in [-0.05, 0) is 36.8 Å². The number of halogens is 1. The van der Waals surface area contributed by atoms with Crippen molar-refractivity contribution in [2.24, 2.45) is 4.99 Å². The highest BCUT2D eigenvalue weighted by molar-refractivity contribution is 14.0. The molecule has 0 radical (unpaired) electrons. The molecule has 0 spiro atoms. The molecule has 7 heteroatoms. The molecule has 2 aromatic rings. The molecule has 2 aliphatic heterocycles. The third-order valence-electron chi connectivity index (χ3n) is 5.67. The van der Waals surface area contributed by atoms with E-state index in [1.54, 1.807) is 6.07 Å². The van der Waals surface area contributed by atoms with Gasteiger partial charge in [0.15, 0.2) is 5.96 Å². The Balaban J connectivity index is 0.00000272. The summed E-state index contributed by atoms with van der Waals surface area (Å²) < 4.78 is 0. The summed E-state index contributed by atoms with van der Waals surface area (Å²) in [6.07, 6.45) is 4.42. The summed E-state index contributed by atoms with van der Waals surface area (Å²) in [5.41, 5.74) is 3.39. The van der Waals surface area contributed by atoms with Crippen LogP contribution in [-0.4, -0.2) is 61.8 Å². The number of para-hydroxylation sites is 2. The molecule has 2 aliphatic rings. The van der Waals surface area contributed by atoms with Gasteiger partial charge in [0.1, 0.15) is 5.75 Å². The predicted octanol–water partition coefficient (Wildman–Crippen LogP) is 3.67. The van der Waals surface area contributed by atoms with Crippen LogP contribution in [0.15, 0.2) is 65.7 Å². The zero-order chi connectivity index (χ0) is 20.8. The number of hydrogen-bond donors (Lipinski definition) is 2. The van der Waals surface area contributed by atoms with E-state index >= 15 is 0 Å². The Morgan fingerprint density at radius 1 is 0.935 bits per heavy atom. The van der Waals surface area contributed by atoms with Gasteiger partial charge < -0.3 is 25.1 Å². The van der Waals surface area contributed by atoms with Crippen molar-refractivity contribution in [3.63, 3.8) is 0 Å². The fourth-order valence-electron chi connectivity index (χ4n) is 3.98. The molecule has 166 valence electrons. The summed E-state index contributed by atoms with van der Waals surface area (Å²) >= 11 is 0. The molecule has 2 heterocycles. The second-order valence-corrected chi connectivity index (χ2v) is 7.68. The van der Waals surface area contributed by atoms with Gasteiger partial charge in [0.25, 0.3) is 0 Å². The minimum absolute atomic E-state index is 0. The van der Waals surface area contributed by atoms with Crippen LogP contribution in [-0.2, 0) is 6.54 Å². The fourth-order valence-corrected chi connectivity index (χ4v) is 3.98. The van der Waals surface area contributed by atoms with Gasteiger partial charge >= 0.3 is 0 Å². The van der Waals surface area contributed by atoms with Crippen LogP contribution in [0.5, 0.6) is 5.75 Å². The quantitative estimate of drug-likeness (QED) is 0.266. The number of nitrogens with one attached hydrogen (secondary N) is 1. The molecule has 0 unspecified atom stereocenters. The maximum absolute atomic E-state index is 10.1. The van der Waals surface area contributed by atoms with Gasteiger partial charge in [-0.3, -0.25) is 0 Å². The van der Waals surface area contributed by atoms with Crippen LogP contribution in [0.1, 0.15) is 12.5 Å². The molecule has 4 rings (SSSR count). The Labute approximate surface area is 202 Å². The van der Waals surface area contributed by atoms with Gasteiger partial charge in [0, 0.05) is 51.5 Å². The average Bonchev–Trinajstić information content (AvgIpc) is 3.33. The third-order valence-corrected chi connectivity index (χ3v) is 5.67. The highest BCUT2D eigenvalue weighted by atomic mass is 127. The number of aliphatic imine (C=N–C) groups is 1. The van der Waals surface area contributed by atoms with E-state index in [0.29, 0.717) is 12.3 Å². The second kappa shape index (κ2) is 11.3. The Bertz CT molecular complexity index is 883. The Morgan fingerprint density at radius 2 is 1.61 bits per heavy atom. The van der Waals surface area contributed by atoms with E-state index in [4.69, 9.17) is 4.99 Å². The number of aromatic hydroxyl groups is 1. The third kappa shape index (κ3) is 5.84. The number of benzene rings is 2. The average molecular weight is 533 g/mol. The summed E-state index contributed by atoms with van der Waals surface area (Å²) in [6, 6.07) is 16.3. The van der Waals surface area contributed by atoms with E-state index in [1.165, 1.54) is 11.3 Å². The summed E-state index contributed by atoms with van der Waals surface area (Å²) in [7, 11) is 0. The van der Waals surface area contributed by atoms with Crippen LogP contribution in [0.2, 0.25) is 0 Å². The molecule has 1 fully saturated rings. The molecule has 6 nitrogen and oxygen atoms in total. The van der Waals surface area contributed by atoms with Crippen molar-refractivity contribution < 1.29 is 5.11 Å². The number of phenolic OH excluding ortho intramolecular Hbond substituents is 1. The van der Waals surface area contributed by atoms with Crippen molar-refractivity contribution in [1.82, 2.24) is 10.2 Å². The molecule has 31 heavy (non-hydrogen) atoms. The molecule has 0 saturated carbocycles. The highest BCUT2D eigenvalue weighted by Gasteiger charge is 2.21. The lowest BCUT2D eigenvalue weighted by Gasteiger charge is -2.37. The van der Waals surface area contributed by atoms with E-state index < -0.39 is 0 Å². The number of hydrogen-bond acceptors (Lipinski definition) is 4. The Hall–Kier alpha value is -2.42. The molecule has 2 aromatic carbocycles. The van der Waals surface area contributed by atoms with Crippen LogP contribution < -0.4 is 15.1 Å². The molecule has 0 bridgehead atoms. The van der Waals surface area contributed by atoms with Gasteiger partial charge in [-0.1, -0.05) is 36.4 Å². The summed E-state index contributed by atoms with van der Waals surface area (Å²) in [5, 5.41) is 13.6. The van der Waals surface area contributed by atoms with Gasteiger partial charge in [0.05, 0.1) is 12.2 Å². The van der Waals surface area contributed by atoms with Gasteiger partial charge in [0.2, 0.25) is 0 Å². The first-order valence-corrected chi connectivity index (χ1v) is 10.8. The first kappa shape index (κ1) is 23.2. The van der Waals surface area contributed by atoms with Crippen LogP contribution >= 0.6 is 24.0 Å². The predicted molar refractivity (Wildman–Crippen MR) is 140 cm³/mol. The standard InChI is InChI=1S/C24H31N5O.HI/c1-2-25-24(26-19-20-9-11-21(12-10-20)27-13-5-6-14-27)29-17-15-28(16-18-29)22-7-3-4-8-23(22)30;/h3-12,30H,2,13-19H2,1H3,(H,25,26);1H. The molecule has 0 aliphatic carbocycles. The van der Waals surface area contributed by atoms with E-state index in [2.05, 4.69) is 63.4 Å². The number of rotatable bonds is 5. The van der Waals surface area contributed by atoms with Crippen molar-refractivity contribution in [1.29, 1.82) is 0 Å². The largest absolute Gasteiger partial charge is 0.506 e. The smallest absolute Gasteiger partial charge is 0.194 e. The van der Waals surface area contributed by atoms with Crippen LogP contribution in [0.3, 0.4) is 0 Å². The molecule has 0 amide bonds. The van der Waals surface area contributed by atoms with E-state index in [-0.39, 0.29) is 24.0 Å². The summed E-state index contributed by atoms with van der Waals surface area (Å²) in [6.45, 7) is 9.08. The van der Waals surface area contributed by atoms with Crippen LogP contribution in [0.25, 0.3) is 0 Å². The molecule has 0 aromatic heterocycles. The van der Waals surface area contributed by atoms with Crippen molar-refractivity contribution in [2.75, 3.05) is 55.6 Å². The maximum atomic E-state index is 10.1. The first-order valence-electron chi connectivity index (χ1n) is 10.8. The Kier molecular flexibility index (Phi) is 8.45. The fraction of sp³-hybridized carbons (Fsp3) is 0.375. The zero-order valence-corrected chi connectivity index (χ0v) is 20.4. The topological polar surface area (TPSA) is 54.3 Å². The van der Waals surface area contributed by atoms with Crippen molar-refractivity contribution in [2.45, 2.75) is 13.5 Å². The van der Waals surface area contributed by atoms with Gasteiger partial charge in [-0.15, -0.1) is 24.0 Å². The second-order valence-electron chi connectivity index (χ2n) is 7.68. The highest BCUT2D eigenvalue weighted by Crippen LogP contribution is 2.27. The van der Waals surface area contributed by atoms with Gasteiger partial charge in [-0.2, -0.15) is 0 Å². The van der Waals surface area contributed by atoms with Crippen molar-refractivity contribution >= 4 is 41.3 Å². The monoisotopic (exact) mass is 533 g/mol. The Morgan fingerprint density at radius 3 is 2.26 bits per heavy atom. The number of anilines is 2. The summed E-state index contributed by atoms with van der Waals surface area (Å²) in [5.74, 6) is 1.31. The van der Waals surface area contributed by atoms with E-state index in [1.807, 2.05) is 18.2 Å². The number of phenols is 1. The number of guanidine groups is 1. The lowest BCUT2D eigenvalue weighted by atomic mass is 10.2. The number of nitrogens with zero attached hydrogens (tertiary/aromatic N) is 4. The van der Waals surface area contributed by atoms with E-state index in [9.17, 15) is 5.11 Å². The zero-order valence-electron chi connectivity index (χ0n) is 18.1. The molecule has 2 N–H and O–H groups in total. The normalized spacial score (nSPS) is 16.4. The molecular weight excluding hydrogens is 501 g/mol. The minimum Gasteiger partial charge on any atom is -0.506 e. The lowest BCUT2D eigenvalue weighted by molar-refractivity contribution is 0.369. The van der Waals surface area contributed by atoms with Crippen LogP contribution in [0, 0.1) is 0 Å². The minimum atomic E-state index is 0. The number of piperazine rings is 1. The van der Waals surface area contributed by atoms with Crippen molar-refractivity contribution in [3.8, 4) is 5.75 Å². The van der Waals surface area contributed by atoms with Crippen molar-refractivity contribution in [3.05, 3.63) is 66.2 Å². The van der Waals surface area contributed by atoms with E-state index in [0.717, 1.165) is 57.5 Å².